The zero-order valence-electron chi connectivity index (χ0n) is 22.2. The summed E-state index contributed by atoms with van der Waals surface area (Å²) < 4.78 is 37.4. The highest BCUT2D eigenvalue weighted by Crippen LogP contribution is 2.41. The molecule has 1 amide bonds. The summed E-state index contributed by atoms with van der Waals surface area (Å²) in [5.74, 6) is -2.29. The van der Waals surface area contributed by atoms with Gasteiger partial charge in [-0.3, -0.25) is 15.1 Å². The van der Waals surface area contributed by atoms with Gasteiger partial charge in [-0.15, -0.1) is 0 Å². The average molecular weight is 568 g/mol. The molecule has 0 bridgehead atoms. The Balaban J connectivity index is 0.000000532. The van der Waals surface area contributed by atoms with Gasteiger partial charge in [-0.2, -0.15) is 13.2 Å². The van der Waals surface area contributed by atoms with Gasteiger partial charge in [0, 0.05) is 18.2 Å². The molecule has 2 saturated heterocycles. The third-order valence-electron chi connectivity index (χ3n) is 6.94. The Kier molecular flexibility index (Phi) is 9.33. The lowest BCUT2D eigenvalue weighted by Crippen LogP contribution is -2.63. The number of alkyl halides is 3. The lowest BCUT2D eigenvalue weighted by molar-refractivity contribution is -0.192. The molecule has 39 heavy (non-hydrogen) atoms. The number of nitrogens with zero attached hydrogens (tertiary/aromatic N) is 1. The Labute approximate surface area is 230 Å². The number of benzene rings is 2. The number of hydrogen-bond donors (Lipinski definition) is 3. The van der Waals surface area contributed by atoms with Crippen molar-refractivity contribution in [2.45, 2.75) is 76.7 Å². The minimum absolute atomic E-state index is 0.00414. The number of carboxylic acid groups (broad SMARTS) is 1. The Morgan fingerprint density at radius 3 is 2.38 bits per heavy atom. The number of halogens is 4. The molecule has 2 aliphatic heterocycles. The smallest absolute Gasteiger partial charge is 0.475 e. The molecular formula is C28H33ClF3N3O4. The van der Waals surface area contributed by atoms with E-state index in [0.29, 0.717) is 17.5 Å². The Bertz CT molecular complexity index is 1220. The second kappa shape index (κ2) is 12.0. The third-order valence-corrected chi connectivity index (χ3v) is 7.35. The molecule has 7 nitrogen and oxygen atoms in total. The quantitative estimate of drug-likeness (QED) is 0.402. The van der Waals surface area contributed by atoms with Crippen LogP contribution < -0.4 is 5.32 Å². The van der Waals surface area contributed by atoms with E-state index in [1.165, 1.54) is 5.56 Å². The monoisotopic (exact) mass is 567 g/mol. The van der Waals surface area contributed by atoms with Crippen LogP contribution in [0, 0.1) is 5.41 Å². The number of carboxylic acids is 1. The zero-order valence-corrected chi connectivity index (χ0v) is 23.0. The van der Waals surface area contributed by atoms with E-state index in [2.05, 4.69) is 31.3 Å². The average Bonchev–Trinajstić information content (AvgIpc) is 2.83. The fourth-order valence-electron chi connectivity index (χ4n) is 5.05. The Morgan fingerprint density at radius 1 is 1.21 bits per heavy atom. The molecular weight excluding hydrogens is 535 g/mol. The van der Waals surface area contributed by atoms with Gasteiger partial charge in [0.15, 0.2) is 5.96 Å². The van der Waals surface area contributed by atoms with Gasteiger partial charge in [-0.1, -0.05) is 67.9 Å². The molecule has 2 aromatic rings. The first kappa shape index (κ1) is 30.4. The molecule has 2 aromatic carbocycles. The molecule has 2 fully saturated rings. The summed E-state index contributed by atoms with van der Waals surface area (Å²) in [7, 11) is 0. The van der Waals surface area contributed by atoms with Gasteiger partial charge in [-0.25, -0.2) is 4.79 Å². The van der Waals surface area contributed by atoms with E-state index in [-0.39, 0.29) is 30.4 Å². The van der Waals surface area contributed by atoms with Crippen LogP contribution in [0.3, 0.4) is 0 Å². The number of carbonyl (C=O) groups excluding carboxylic acids is 1. The van der Waals surface area contributed by atoms with Crippen LogP contribution in [0.4, 0.5) is 13.2 Å². The summed E-state index contributed by atoms with van der Waals surface area (Å²) in [4.78, 5) is 23.8. The predicted molar refractivity (Wildman–Crippen MR) is 143 cm³/mol. The summed E-state index contributed by atoms with van der Waals surface area (Å²) in [5, 5.41) is 19.7. The topological polar surface area (TPSA) is 103 Å². The van der Waals surface area contributed by atoms with Crippen LogP contribution in [-0.2, 0) is 19.9 Å². The zero-order chi connectivity index (χ0) is 29.1. The van der Waals surface area contributed by atoms with Crippen molar-refractivity contribution < 1.29 is 32.6 Å². The fraction of sp³-hybridized carbons (Fsp3) is 0.464. The van der Waals surface area contributed by atoms with Gasteiger partial charge in [0.2, 0.25) is 5.91 Å². The number of carbonyl (C=O) groups is 2. The van der Waals surface area contributed by atoms with Crippen LogP contribution >= 0.6 is 11.6 Å². The molecule has 2 aliphatic rings. The van der Waals surface area contributed by atoms with Gasteiger partial charge in [0.25, 0.3) is 0 Å². The van der Waals surface area contributed by atoms with Crippen LogP contribution in [0.1, 0.15) is 64.0 Å². The molecule has 212 valence electrons. The minimum atomic E-state index is -5.08. The SMILES string of the molecule is CC(C)c1ccccc1-c1cccc([C@]2(C)CC(=O)N([C@H]3CCO[C@@H](C)C3)C(=N)N2)c1Cl.O=C(O)C(F)(F)F. The normalized spacial score (nSPS) is 23.7. The third kappa shape index (κ3) is 6.91. The van der Waals surface area contributed by atoms with Crippen LogP contribution in [0.25, 0.3) is 11.1 Å². The maximum absolute atomic E-state index is 13.3. The first-order chi connectivity index (χ1) is 18.2. The molecule has 0 radical (unpaired) electrons. The first-order valence-corrected chi connectivity index (χ1v) is 13.0. The van der Waals surface area contributed by atoms with Crippen LogP contribution in [0.5, 0.6) is 0 Å². The second-order valence-corrected chi connectivity index (χ2v) is 10.7. The lowest BCUT2D eigenvalue weighted by Gasteiger charge is -2.45. The first-order valence-electron chi connectivity index (χ1n) is 12.6. The number of ether oxygens (including phenoxy) is 1. The van der Waals surface area contributed by atoms with Gasteiger partial charge in [0.1, 0.15) is 0 Å². The van der Waals surface area contributed by atoms with Crippen molar-refractivity contribution in [1.29, 1.82) is 5.41 Å². The van der Waals surface area contributed by atoms with Gasteiger partial charge < -0.3 is 15.2 Å². The van der Waals surface area contributed by atoms with E-state index in [4.69, 9.17) is 31.6 Å². The van der Waals surface area contributed by atoms with E-state index in [1.54, 1.807) is 4.90 Å². The molecule has 0 unspecified atom stereocenters. The van der Waals surface area contributed by atoms with Gasteiger partial charge in [0.05, 0.1) is 23.1 Å². The largest absolute Gasteiger partial charge is 0.490 e. The maximum Gasteiger partial charge on any atom is 0.490 e. The van der Waals surface area contributed by atoms with Crippen LogP contribution in [0.15, 0.2) is 42.5 Å². The number of nitrogens with one attached hydrogen (secondary N) is 2. The van der Waals surface area contributed by atoms with E-state index in [0.717, 1.165) is 29.5 Å². The van der Waals surface area contributed by atoms with E-state index in [9.17, 15) is 18.0 Å². The summed E-state index contributed by atoms with van der Waals surface area (Å²) in [6.45, 7) is 8.94. The summed E-state index contributed by atoms with van der Waals surface area (Å²) in [6.07, 6.45) is -3.25. The highest BCUT2D eigenvalue weighted by molar-refractivity contribution is 6.34. The molecule has 3 atom stereocenters. The summed E-state index contributed by atoms with van der Waals surface area (Å²) >= 11 is 6.99. The van der Waals surface area contributed by atoms with Crippen LogP contribution in [-0.4, -0.2) is 52.8 Å². The summed E-state index contributed by atoms with van der Waals surface area (Å²) in [6, 6.07) is 14.3. The molecule has 0 spiro atoms. The van der Waals surface area contributed by atoms with Gasteiger partial charge in [-0.05, 0) is 49.3 Å². The highest BCUT2D eigenvalue weighted by Gasteiger charge is 2.44. The molecule has 2 heterocycles. The molecule has 3 N–H and O–H groups in total. The molecule has 11 heteroatoms. The molecule has 0 aromatic heterocycles. The summed E-state index contributed by atoms with van der Waals surface area (Å²) in [5.41, 5.74) is 3.39. The molecule has 0 aliphatic carbocycles. The van der Waals surface area contributed by atoms with Crippen molar-refractivity contribution in [3.8, 4) is 11.1 Å². The molecule has 0 saturated carbocycles. The van der Waals surface area contributed by atoms with Crippen molar-refractivity contribution in [1.82, 2.24) is 10.2 Å². The van der Waals surface area contributed by atoms with Gasteiger partial charge >= 0.3 is 12.1 Å². The van der Waals surface area contributed by atoms with E-state index < -0.39 is 17.7 Å². The predicted octanol–water partition coefficient (Wildman–Crippen LogP) is 6.30. The van der Waals surface area contributed by atoms with E-state index >= 15 is 0 Å². The second-order valence-electron chi connectivity index (χ2n) is 10.3. The van der Waals surface area contributed by atoms with Crippen molar-refractivity contribution in [2.24, 2.45) is 0 Å². The highest BCUT2D eigenvalue weighted by atomic mass is 35.5. The lowest BCUT2D eigenvalue weighted by atomic mass is 9.83. The standard InChI is InChI=1S/C26H32ClN3O2.C2HF3O2/c1-16(2)19-8-5-6-9-20(19)21-10-7-11-22(24(21)27)26(4)15-23(31)30(25(28)29-26)18-12-13-32-17(3)14-18;3-2(4,5)1(6)7/h5-11,16-18H,12-15H2,1-4H3,(H2,28,29);(H,6,7)/t17-,18-,26-;/m0./s1. The minimum Gasteiger partial charge on any atom is -0.475 e. The number of hydrogen-bond acceptors (Lipinski definition) is 4. The van der Waals surface area contributed by atoms with Crippen molar-refractivity contribution >= 4 is 29.4 Å². The van der Waals surface area contributed by atoms with Crippen molar-refractivity contribution in [3.63, 3.8) is 0 Å². The van der Waals surface area contributed by atoms with Crippen molar-refractivity contribution in [2.75, 3.05) is 6.61 Å². The number of aliphatic carboxylic acids is 1. The van der Waals surface area contributed by atoms with Crippen LogP contribution in [0.2, 0.25) is 5.02 Å². The number of guanidine groups is 1. The number of amides is 1. The van der Waals surface area contributed by atoms with E-state index in [1.807, 2.05) is 44.2 Å². The molecule has 4 rings (SSSR count). The fourth-order valence-corrected chi connectivity index (χ4v) is 5.48. The Morgan fingerprint density at radius 2 is 1.82 bits per heavy atom. The van der Waals surface area contributed by atoms with Crippen molar-refractivity contribution in [3.05, 3.63) is 58.6 Å². The maximum atomic E-state index is 13.3. The Hall–Kier alpha value is -3.11. The number of rotatable bonds is 4.